The van der Waals surface area contributed by atoms with E-state index < -0.39 is 5.60 Å². The molecule has 0 aromatic heterocycles. The van der Waals surface area contributed by atoms with Crippen molar-refractivity contribution in [3.05, 3.63) is 0 Å². The van der Waals surface area contributed by atoms with Gasteiger partial charge in [0.15, 0.2) is 0 Å². The van der Waals surface area contributed by atoms with Crippen LogP contribution in [0.15, 0.2) is 0 Å². The summed E-state index contributed by atoms with van der Waals surface area (Å²) >= 11 is 0. The molecule has 0 radical (unpaired) electrons. The lowest BCUT2D eigenvalue weighted by atomic mass is 9.90. The summed E-state index contributed by atoms with van der Waals surface area (Å²) in [5.74, 6) is 0. The molecule has 1 aliphatic carbocycles. The zero-order valence-corrected chi connectivity index (χ0v) is 14.7. The van der Waals surface area contributed by atoms with Gasteiger partial charge in [0.2, 0.25) is 0 Å². The second kappa shape index (κ2) is 7.64. The van der Waals surface area contributed by atoms with Gasteiger partial charge in [0.05, 0.1) is 0 Å². The molecule has 1 aliphatic heterocycles. The molecular weight excluding hydrogens is 278 g/mol. The SMILES string of the molecule is CN1CCC(NC2CCCC(NC(=O)OC(C)(C)C)C2)CC1. The number of carbonyl (C=O) groups is 1. The maximum atomic E-state index is 11.9. The van der Waals surface area contributed by atoms with Crippen LogP contribution in [-0.4, -0.2) is 54.9 Å². The van der Waals surface area contributed by atoms with Crippen LogP contribution in [0.25, 0.3) is 0 Å². The van der Waals surface area contributed by atoms with Crippen LogP contribution in [0, 0.1) is 0 Å². The summed E-state index contributed by atoms with van der Waals surface area (Å²) < 4.78 is 5.36. The van der Waals surface area contributed by atoms with Gasteiger partial charge in [-0.2, -0.15) is 0 Å². The van der Waals surface area contributed by atoms with Gasteiger partial charge in [-0.3, -0.25) is 0 Å². The van der Waals surface area contributed by atoms with Gasteiger partial charge in [-0.25, -0.2) is 4.79 Å². The fraction of sp³-hybridized carbons (Fsp3) is 0.941. The van der Waals surface area contributed by atoms with E-state index in [1.165, 1.54) is 38.8 Å². The van der Waals surface area contributed by atoms with Crippen LogP contribution < -0.4 is 10.6 Å². The number of hydrogen-bond acceptors (Lipinski definition) is 4. The Hall–Kier alpha value is -0.810. The van der Waals surface area contributed by atoms with Crippen molar-refractivity contribution in [1.29, 1.82) is 0 Å². The van der Waals surface area contributed by atoms with Gasteiger partial charge in [-0.15, -0.1) is 0 Å². The number of piperidine rings is 1. The number of ether oxygens (including phenoxy) is 1. The molecule has 2 unspecified atom stereocenters. The smallest absolute Gasteiger partial charge is 0.407 e. The Morgan fingerprint density at radius 1 is 1.05 bits per heavy atom. The van der Waals surface area contributed by atoms with Crippen LogP contribution in [0.4, 0.5) is 4.79 Å². The third kappa shape index (κ3) is 6.13. The summed E-state index contributed by atoms with van der Waals surface area (Å²) in [7, 11) is 2.19. The van der Waals surface area contributed by atoms with Crippen LogP contribution in [-0.2, 0) is 4.74 Å². The molecule has 1 amide bonds. The maximum Gasteiger partial charge on any atom is 0.407 e. The molecule has 2 rings (SSSR count). The fourth-order valence-electron chi connectivity index (χ4n) is 3.46. The van der Waals surface area contributed by atoms with Gasteiger partial charge in [0, 0.05) is 18.1 Å². The molecule has 128 valence electrons. The number of rotatable bonds is 3. The van der Waals surface area contributed by atoms with Crippen LogP contribution >= 0.6 is 0 Å². The Balaban J connectivity index is 1.73. The van der Waals surface area contributed by atoms with E-state index in [0.29, 0.717) is 12.1 Å². The molecule has 5 nitrogen and oxygen atoms in total. The molecule has 0 spiro atoms. The molecule has 1 heterocycles. The van der Waals surface area contributed by atoms with Gasteiger partial charge in [0.25, 0.3) is 0 Å². The van der Waals surface area contributed by atoms with E-state index >= 15 is 0 Å². The fourth-order valence-corrected chi connectivity index (χ4v) is 3.46. The molecule has 0 bridgehead atoms. The molecule has 5 heteroatoms. The number of nitrogens with zero attached hydrogens (tertiary/aromatic N) is 1. The van der Waals surface area contributed by atoms with E-state index in [9.17, 15) is 4.79 Å². The molecule has 1 saturated heterocycles. The van der Waals surface area contributed by atoms with Crippen molar-refractivity contribution in [1.82, 2.24) is 15.5 Å². The zero-order valence-electron chi connectivity index (χ0n) is 14.7. The molecule has 0 aromatic rings. The third-order valence-electron chi connectivity index (χ3n) is 4.59. The Bertz CT molecular complexity index is 359. The lowest BCUT2D eigenvalue weighted by Crippen LogP contribution is -2.50. The Kier molecular flexibility index (Phi) is 6.09. The highest BCUT2D eigenvalue weighted by molar-refractivity contribution is 5.68. The Morgan fingerprint density at radius 3 is 2.32 bits per heavy atom. The van der Waals surface area contributed by atoms with Crippen molar-refractivity contribution in [2.45, 2.75) is 83.0 Å². The first-order valence-corrected chi connectivity index (χ1v) is 8.76. The molecule has 2 N–H and O–H groups in total. The van der Waals surface area contributed by atoms with Crippen molar-refractivity contribution in [3.8, 4) is 0 Å². The number of carbonyl (C=O) groups excluding carboxylic acids is 1. The van der Waals surface area contributed by atoms with E-state index in [-0.39, 0.29) is 12.1 Å². The average molecular weight is 311 g/mol. The van der Waals surface area contributed by atoms with Crippen LogP contribution in [0.3, 0.4) is 0 Å². The normalized spacial score (nSPS) is 28.4. The van der Waals surface area contributed by atoms with Crippen LogP contribution in [0.5, 0.6) is 0 Å². The average Bonchev–Trinajstić information content (AvgIpc) is 2.39. The monoisotopic (exact) mass is 311 g/mol. The largest absolute Gasteiger partial charge is 0.444 e. The molecule has 22 heavy (non-hydrogen) atoms. The Labute approximate surface area is 135 Å². The van der Waals surface area contributed by atoms with Gasteiger partial charge < -0.3 is 20.3 Å². The molecule has 0 aromatic carbocycles. The van der Waals surface area contributed by atoms with Crippen LogP contribution in [0.2, 0.25) is 0 Å². The third-order valence-corrected chi connectivity index (χ3v) is 4.59. The summed E-state index contributed by atoms with van der Waals surface area (Å²) in [4.78, 5) is 14.3. The summed E-state index contributed by atoms with van der Waals surface area (Å²) in [6.07, 6.45) is 6.66. The highest BCUT2D eigenvalue weighted by atomic mass is 16.6. The van der Waals surface area contributed by atoms with Gasteiger partial charge >= 0.3 is 6.09 Å². The number of nitrogens with one attached hydrogen (secondary N) is 2. The first-order chi connectivity index (χ1) is 10.3. The summed E-state index contributed by atoms with van der Waals surface area (Å²) in [6, 6.07) is 1.41. The van der Waals surface area contributed by atoms with Crippen molar-refractivity contribution in [2.75, 3.05) is 20.1 Å². The molecule has 2 aliphatic rings. The number of amides is 1. The summed E-state index contributed by atoms with van der Waals surface area (Å²) in [5, 5.41) is 6.85. The van der Waals surface area contributed by atoms with Crippen molar-refractivity contribution >= 4 is 6.09 Å². The quantitative estimate of drug-likeness (QED) is 0.841. The topological polar surface area (TPSA) is 53.6 Å². The standard InChI is InChI=1S/C17H33N3O2/c1-17(2,3)22-16(21)19-15-7-5-6-14(12-15)18-13-8-10-20(4)11-9-13/h13-15,18H,5-12H2,1-4H3,(H,19,21). The first-order valence-electron chi connectivity index (χ1n) is 8.76. The number of likely N-dealkylation sites (tertiary alicyclic amines) is 1. The van der Waals surface area contributed by atoms with Crippen molar-refractivity contribution in [2.24, 2.45) is 0 Å². The minimum absolute atomic E-state index is 0.243. The highest BCUT2D eigenvalue weighted by Gasteiger charge is 2.27. The second-order valence-corrected chi connectivity index (χ2v) is 7.95. The maximum absolute atomic E-state index is 11.9. The van der Waals surface area contributed by atoms with E-state index in [0.717, 1.165) is 12.8 Å². The second-order valence-electron chi connectivity index (χ2n) is 7.95. The molecule has 1 saturated carbocycles. The van der Waals surface area contributed by atoms with Gasteiger partial charge in [-0.05, 0) is 79.4 Å². The number of hydrogen-bond donors (Lipinski definition) is 2. The predicted molar refractivity (Wildman–Crippen MR) is 89.1 cm³/mol. The van der Waals surface area contributed by atoms with Gasteiger partial charge in [-0.1, -0.05) is 0 Å². The summed E-state index contributed by atoms with van der Waals surface area (Å²) in [6.45, 7) is 8.07. The van der Waals surface area contributed by atoms with E-state index in [2.05, 4.69) is 22.6 Å². The van der Waals surface area contributed by atoms with E-state index in [1.54, 1.807) is 0 Å². The minimum atomic E-state index is -0.426. The molecule has 2 fully saturated rings. The van der Waals surface area contributed by atoms with Crippen molar-refractivity contribution < 1.29 is 9.53 Å². The van der Waals surface area contributed by atoms with E-state index in [1.807, 2.05) is 20.8 Å². The van der Waals surface area contributed by atoms with E-state index in [4.69, 9.17) is 4.74 Å². The zero-order chi connectivity index (χ0) is 16.2. The lowest BCUT2D eigenvalue weighted by molar-refractivity contribution is 0.0487. The van der Waals surface area contributed by atoms with Crippen LogP contribution in [0.1, 0.15) is 59.3 Å². The van der Waals surface area contributed by atoms with Crippen molar-refractivity contribution in [3.63, 3.8) is 0 Å². The summed E-state index contributed by atoms with van der Waals surface area (Å²) in [5.41, 5.74) is -0.426. The molecular formula is C17H33N3O2. The Morgan fingerprint density at radius 2 is 1.68 bits per heavy atom. The number of alkyl carbamates (subject to hydrolysis) is 1. The minimum Gasteiger partial charge on any atom is -0.444 e. The first kappa shape index (κ1) is 17.5. The predicted octanol–water partition coefficient (Wildman–Crippen LogP) is 2.51. The highest BCUT2D eigenvalue weighted by Crippen LogP contribution is 2.21. The molecule has 2 atom stereocenters. The lowest BCUT2D eigenvalue weighted by Gasteiger charge is -2.36. The van der Waals surface area contributed by atoms with Gasteiger partial charge in [0.1, 0.15) is 5.60 Å².